The molecule has 310 valence electrons. The number of rotatable bonds is 40. The van der Waals surface area contributed by atoms with Gasteiger partial charge in [0.2, 0.25) is 7.94 Å². The largest absolute Gasteiger partial charge is 0.631 e. The van der Waals surface area contributed by atoms with Crippen LogP contribution in [-0.2, 0) is 23.6 Å². The molecule has 0 bridgehead atoms. The molecule has 0 aromatic heterocycles. The van der Waals surface area contributed by atoms with Crippen molar-refractivity contribution < 1.29 is 37.9 Å². The van der Waals surface area contributed by atoms with Crippen LogP contribution >= 0.6 is 29.5 Å². The van der Waals surface area contributed by atoms with Crippen LogP contribution in [0.2, 0.25) is 0 Å². The van der Waals surface area contributed by atoms with E-state index in [-0.39, 0.29) is 37.7 Å². The highest BCUT2D eigenvalue weighted by Crippen LogP contribution is 2.46. The molecule has 2 atom stereocenters. The van der Waals surface area contributed by atoms with E-state index in [0.717, 1.165) is 38.5 Å². The van der Waals surface area contributed by atoms with E-state index >= 15 is 0 Å². The van der Waals surface area contributed by atoms with Gasteiger partial charge in [-0.1, -0.05) is 176 Å². The molecule has 0 aliphatic rings. The molecule has 8 nitrogen and oxygen atoms in total. The van der Waals surface area contributed by atoms with E-state index in [1.807, 2.05) is 42.7 Å². The number of carbonyl (C=O) groups excluding carboxylic acids is 2. The maximum Gasteiger partial charge on any atom is 0.306 e. The predicted octanol–water partition coefficient (Wildman–Crippen LogP) is 11.2. The first kappa shape index (κ1) is 51.9. The Morgan fingerprint density at radius 2 is 1.04 bits per heavy atom. The van der Waals surface area contributed by atoms with Gasteiger partial charge in [-0.25, -0.2) is 9.42 Å². The molecule has 11 heteroatoms. The van der Waals surface area contributed by atoms with Crippen molar-refractivity contribution in [3.05, 3.63) is 0 Å². The van der Waals surface area contributed by atoms with E-state index in [1.165, 1.54) is 134 Å². The van der Waals surface area contributed by atoms with E-state index < -0.39 is 14.0 Å². The zero-order valence-corrected chi connectivity index (χ0v) is 37.0. The Labute approximate surface area is 330 Å². The lowest BCUT2D eigenvalue weighted by molar-refractivity contribution is -0.868. The Morgan fingerprint density at radius 3 is 1.46 bits per heavy atom. The van der Waals surface area contributed by atoms with Gasteiger partial charge in [-0.15, -0.1) is 0 Å². The van der Waals surface area contributed by atoms with Crippen LogP contribution in [0.3, 0.4) is 0 Å². The van der Waals surface area contributed by atoms with Crippen molar-refractivity contribution in [3.8, 4) is 0 Å². The van der Waals surface area contributed by atoms with Gasteiger partial charge in [-0.3, -0.25) is 9.59 Å². The highest BCUT2D eigenvalue weighted by atomic mass is 33.1. The summed E-state index contributed by atoms with van der Waals surface area (Å²) in [6.45, 7) is 2.27. The molecule has 0 rings (SSSR count). The quantitative estimate of drug-likeness (QED) is 0.0213. The molecule has 1 N–H and O–H groups in total. The smallest absolute Gasteiger partial charge is 0.306 e. The van der Waals surface area contributed by atoms with E-state index in [0.29, 0.717) is 17.4 Å². The van der Waals surface area contributed by atoms with Crippen molar-refractivity contribution in [2.45, 2.75) is 193 Å². The summed E-state index contributed by atoms with van der Waals surface area (Å²) in [6.07, 6.45) is 33.9. The van der Waals surface area contributed by atoms with Crippen molar-refractivity contribution in [2.24, 2.45) is 0 Å². The van der Waals surface area contributed by atoms with Crippen LogP contribution in [0.25, 0.3) is 0 Å². The fraction of sp³-hybridized carbons (Fsp3) is 0.951. The minimum Gasteiger partial charge on any atom is -0.631 e. The summed E-state index contributed by atoms with van der Waals surface area (Å²) < 4.78 is 17.0. The summed E-state index contributed by atoms with van der Waals surface area (Å²) in [6, 6.07) is 0. The average Bonchev–Trinajstić information content (AvgIpc) is 3.10. The monoisotopic (exact) mass is 797 g/mol. The summed E-state index contributed by atoms with van der Waals surface area (Å²) in [5, 5.41) is 0. The Hall–Kier alpha value is -0.0900. The fourth-order valence-electron chi connectivity index (χ4n) is 6.05. The number of hydrogen-bond donors (Lipinski definition) is 1. The van der Waals surface area contributed by atoms with Crippen LogP contribution in [0.5, 0.6) is 0 Å². The zero-order chi connectivity index (χ0) is 38.6. The molecular weight excluding hydrogens is 714 g/mol. The first-order chi connectivity index (χ1) is 25.0. The second kappa shape index (κ2) is 36.5. The van der Waals surface area contributed by atoms with Crippen molar-refractivity contribution in [3.63, 3.8) is 0 Å². The number of esters is 2. The normalized spacial score (nSPS) is 13.6. The molecule has 0 spiro atoms. The van der Waals surface area contributed by atoms with Crippen LogP contribution in [-0.4, -0.2) is 86.5 Å². The Balaban J connectivity index is 4.26. The van der Waals surface area contributed by atoms with E-state index in [2.05, 4.69) is 13.2 Å². The summed E-state index contributed by atoms with van der Waals surface area (Å²) in [7, 11) is 5.78. The number of hydrogen-bond acceptors (Lipinski definition) is 9. The van der Waals surface area contributed by atoms with E-state index in [9.17, 15) is 19.4 Å². The maximum atomic E-state index is 12.7. The number of ether oxygens (including phenoxy) is 2. The first-order valence-corrected chi connectivity index (χ1v) is 25.8. The van der Waals surface area contributed by atoms with Crippen molar-refractivity contribution in [1.82, 2.24) is 0 Å². The third kappa shape index (κ3) is 39.6. The van der Waals surface area contributed by atoms with Gasteiger partial charge in [-0.05, 0) is 25.5 Å². The third-order valence-corrected chi connectivity index (χ3v) is 12.7. The van der Waals surface area contributed by atoms with E-state index in [4.69, 9.17) is 14.0 Å². The lowest BCUT2D eigenvalue weighted by Gasteiger charge is -2.29. The molecule has 0 heterocycles. The number of carbonyl (C=O) groups is 2. The Morgan fingerprint density at radius 1 is 0.635 bits per heavy atom. The molecule has 0 aromatic carbocycles. The molecule has 0 saturated heterocycles. The summed E-state index contributed by atoms with van der Waals surface area (Å²) in [5.41, 5.74) is 0. The van der Waals surface area contributed by atoms with Crippen LogP contribution in [0, 0.1) is 0 Å². The molecule has 0 amide bonds. The van der Waals surface area contributed by atoms with Gasteiger partial charge in [0.05, 0.1) is 21.1 Å². The SMILES string of the molecule is CCCCCCCCCCCCCCCC(=O)OC[C@H](CO[P+]([O-])(O)CC[N+](C)(C)C)OC(=O)CCCCCCCCCCCCCCCSSC. The molecule has 0 radical (unpaired) electrons. The average molecular weight is 797 g/mol. The standard InChI is InChI=1S/C41H82NO7PS2/c1-6-7-8-9-10-11-12-14-17-20-23-26-29-32-40(43)47-37-39(38-48-50(45,46)35-34-42(2,3)4)49-41(44)33-30-27-24-21-18-15-13-16-19-22-25-28-31-36-52-51-5/h39H,6-38H2,1-5H3/p+1/t39-/m1/s1. The second-order valence-electron chi connectivity index (χ2n) is 15.8. The molecule has 52 heavy (non-hydrogen) atoms. The predicted molar refractivity (Wildman–Crippen MR) is 225 cm³/mol. The molecule has 0 aliphatic carbocycles. The maximum absolute atomic E-state index is 12.7. The molecule has 0 fully saturated rings. The Bertz CT molecular complexity index is 817. The molecule has 0 aromatic rings. The zero-order valence-electron chi connectivity index (χ0n) is 34.5. The minimum absolute atomic E-state index is 0.00598. The van der Waals surface area contributed by atoms with Crippen LogP contribution in [0.15, 0.2) is 0 Å². The van der Waals surface area contributed by atoms with Gasteiger partial charge >= 0.3 is 11.9 Å². The summed E-state index contributed by atoms with van der Waals surface area (Å²) in [5.74, 6) is 0.557. The number of unbranched alkanes of at least 4 members (excludes halogenated alkanes) is 24. The van der Waals surface area contributed by atoms with Gasteiger partial charge in [0.1, 0.15) is 19.8 Å². The van der Waals surface area contributed by atoms with Crippen LogP contribution in [0.1, 0.15) is 187 Å². The summed E-state index contributed by atoms with van der Waals surface area (Å²) in [4.78, 5) is 48.2. The molecule has 1 unspecified atom stereocenters. The van der Waals surface area contributed by atoms with Crippen molar-refractivity contribution in [2.75, 3.05) is 59.1 Å². The van der Waals surface area contributed by atoms with Gasteiger partial charge in [0.15, 0.2) is 12.3 Å². The van der Waals surface area contributed by atoms with E-state index in [1.54, 1.807) is 0 Å². The van der Waals surface area contributed by atoms with Crippen molar-refractivity contribution in [1.29, 1.82) is 0 Å². The van der Waals surface area contributed by atoms with Crippen molar-refractivity contribution >= 4 is 41.5 Å². The van der Waals surface area contributed by atoms with Crippen LogP contribution < -0.4 is 4.89 Å². The molecule has 0 saturated carbocycles. The minimum atomic E-state index is -3.88. The van der Waals surface area contributed by atoms with Crippen LogP contribution in [0.4, 0.5) is 0 Å². The lowest BCUT2D eigenvalue weighted by atomic mass is 10.0. The lowest BCUT2D eigenvalue weighted by Crippen LogP contribution is -2.39. The summed E-state index contributed by atoms with van der Waals surface area (Å²) >= 11 is 0. The molecule has 0 aliphatic heterocycles. The highest BCUT2D eigenvalue weighted by Gasteiger charge is 2.31. The fourth-order valence-corrected chi connectivity index (χ4v) is 8.78. The first-order valence-electron chi connectivity index (χ1n) is 21.3. The number of quaternary nitrogens is 1. The second-order valence-corrected chi connectivity index (χ2v) is 20.5. The van der Waals surface area contributed by atoms with Gasteiger partial charge < -0.3 is 18.9 Å². The van der Waals surface area contributed by atoms with Gasteiger partial charge in [0.25, 0.3) is 0 Å². The molecular formula is C41H83NO7PS2+. The topological polar surface area (TPSA) is 105 Å². The van der Waals surface area contributed by atoms with Gasteiger partial charge in [0, 0.05) is 18.6 Å². The van der Waals surface area contributed by atoms with Gasteiger partial charge in [-0.2, -0.15) is 0 Å². The highest BCUT2D eigenvalue weighted by molar-refractivity contribution is 8.76. The third-order valence-electron chi connectivity index (χ3n) is 9.45. The number of nitrogens with zero attached hydrogens (tertiary/aromatic N) is 1. The Kier molecular flexibility index (Phi) is 36.5.